The Morgan fingerprint density at radius 1 is 1.24 bits per heavy atom. The van der Waals surface area contributed by atoms with E-state index in [-0.39, 0.29) is 17.6 Å². The first-order chi connectivity index (χ1) is 9.90. The van der Waals surface area contributed by atoms with Gasteiger partial charge in [0.05, 0.1) is 0 Å². The number of nitrogens with one attached hydrogen (secondary N) is 1. The van der Waals surface area contributed by atoms with Gasteiger partial charge in [0.25, 0.3) is 0 Å². The molecule has 3 nitrogen and oxygen atoms in total. The van der Waals surface area contributed by atoms with Gasteiger partial charge in [0.15, 0.2) is 0 Å². The van der Waals surface area contributed by atoms with Gasteiger partial charge in [-0.3, -0.25) is 0 Å². The summed E-state index contributed by atoms with van der Waals surface area (Å²) in [6, 6.07) is 4.69. The van der Waals surface area contributed by atoms with Crippen LogP contribution in [0.15, 0.2) is 18.2 Å². The lowest BCUT2D eigenvalue weighted by Crippen LogP contribution is -2.43. The van der Waals surface area contributed by atoms with E-state index in [1.807, 2.05) is 6.92 Å². The highest BCUT2D eigenvalue weighted by Gasteiger charge is 2.21. The lowest BCUT2D eigenvalue weighted by atomic mass is 9.93. The van der Waals surface area contributed by atoms with Crippen LogP contribution >= 0.6 is 0 Å². The van der Waals surface area contributed by atoms with Crippen LogP contribution in [0.25, 0.3) is 0 Å². The highest BCUT2D eigenvalue weighted by molar-refractivity contribution is 5.29. The molecule has 21 heavy (non-hydrogen) atoms. The Kier molecular flexibility index (Phi) is 7.12. The van der Waals surface area contributed by atoms with E-state index < -0.39 is 0 Å². The van der Waals surface area contributed by atoms with E-state index in [0.29, 0.717) is 17.5 Å². The molecule has 0 amide bonds. The van der Waals surface area contributed by atoms with E-state index >= 15 is 0 Å². The van der Waals surface area contributed by atoms with E-state index in [9.17, 15) is 9.50 Å². The molecule has 4 heteroatoms. The van der Waals surface area contributed by atoms with E-state index in [1.165, 1.54) is 6.07 Å². The van der Waals surface area contributed by atoms with Crippen LogP contribution < -0.4 is 5.32 Å². The van der Waals surface area contributed by atoms with Crippen LogP contribution in [0.2, 0.25) is 0 Å². The van der Waals surface area contributed by atoms with Crippen LogP contribution in [0.4, 0.5) is 4.39 Å². The maximum Gasteiger partial charge on any atom is 0.131 e. The SMILES string of the molecule is CCC(CC)C(CNC(C)c1ccc(O)cc1F)N(C)C. The van der Waals surface area contributed by atoms with E-state index in [1.54, 1.807) is 6.07 Å². The standard InChI is InChI=1S/C17H29FN2O/c1-6-13(7-2)17(20(4)5)11-19-12(3)15-9-8-14(21)10-16(15)18/h8-10,12-13,17,19,21H,6-7,11H2,1-5H3. The van der Waals surface area contributed by atoms with Crippen LogP contribution in [-0.2, 0) is 0 Å². The van der Waals surface area contributed by atoms with Gasteiger partial charge in [-0.25, -0.2) is 4.39 Å². The average Bonchev–Trinajstić information content (AvgIpc) is 2.42. The summed E-state index contributed by atoms with van der Waals surface area (Å²) >= 11 is 0. The molecule has 0 saturated heterocycles. The fourth-order valence-electron chi connectivity index (χ4n) is 2.88. The summed E-state index contributed by atoms with van der Waals surface area (Å²) in [5, 5.41) is 12.7. The zero-order chi connectivity index (χ0) is 16.0. The number of phenolic OH excluding ortho intramolecular Hbond substituents is 1. The number of likely N-dealkylation sites (N-methyl/N-ethyl adjacent to an activating group) is 1. The van der Waals surface area contributed by atoms with Crippen molar-refractivity contribution in [3.05, 3.63) is 29.6 Å². The second-order valence-electron chi connectivity index (χ2n) is 5.94. The van der Waals surface area contributed by atoms with Crippen LogP contribution in [0, 0.1) is 11.7 Å². The third-order valence-electron chi connectivity index (χ3n) is 4.34. The number of benzene rings is 1. The molecule has 120 valence electrons. The molecule has 1 aromatic carbocycles. The van der Waals surface area contributed by atoms with Crippen molar-refractivity contribution >= 4 is 0 Å². The molecule has 2 unspecified atom stereocenters. The van der Waals surface area contributed by atoms with Gasteiger partial charge in [0.1, 0.15) is 11.6 Å². The van der Waals surface area contributed by atoms with Gasteiger partial charge in [-0.15, -0.1) is 0 Å². The monoisotopic (exact) mass is 296 g/mol. The number of halogens is 1. The summed E-state index contributed by atoms with van der Waals surface area (Å²) in [6.45, 7) is 7.21. The molecule has 0 aliphatic heterocycles. The molecule has 0 radical (unpaired) electrons. The zero-order valence-corrected chi connectivity index (χ0v) is 13.9. The Morgan fingerprint density at radius 3 is 2.33 bits per heavy atom. The molecular weight excluding hydrogens is 267 g/mol. The zero-order valence-electron chi connectivity index (χ0n) is 13.9. The first kappa shape index (κ1) is 17.9. The first-order valence-electron chi connectivity index (χ1n) is 7.78. The van der Waals surface area contributed by atoms with Gasteiger partial charge < -0.3 is 15.3 Å². The maximum absolute atomic E-state index is 13.9. The van der Waals surface area contributed by atoms with Crippen LogP contribution in [-0.4, -0.2) is 36.7 Å². The van der Waals surface area contributed by atoms with Crippen molar-refractivity contribution in [3.63, 3.8) is 0 Å². The second-order valence-corrected chi connectivity index (χ2v) is 5.94. The van der Waals surface area contributed by atoms with Crippen molar-refractivity contribution in [1.29, 1.82) is 0 Å². The van der Waals surface area contributed by atoms with E-state index in [2.05, 4.69) is 38.2 Å². The molecule has 0 saturated carbocycles. The predicted octanol–water partition coefficient (Wildman–Crippen LogP) is 3.55. The third-order valence-corrected chi connectivity index (χ3v) is 4.34. The minimum Gasteiger partial charge on any atom is -0.508 e. The molecule has 2 N–H and O–H groups in total. The number of hydrogen-bond donors (Lipinski definition) is 2. The van der Waals surface area contributed by atoms with Gasteiger partial charge in [-0.1, -0.05) is 32.8 Å². The summed E-state index contributed by atoms with van der Waals surface area (Å²) < 4.78 is 13.9. The van der Waals surface area contributed by atoms with Gasteiger partial charge in [-0.05, 0) is 33.0 Å². The average molecular weight is 296 g/mol. The summed E-state index contributed by atoms with van der Waals surface area (Å²) in [6.07, 6.45) is 2.28. The largest absolute Gasteiger partial charge is 0.508 e. The van der Waals surface area contributed by atoms with Crippen molar-refractivity contribution in [3.8, 4) is 5.75 Å². The minimum atomic E-state index is -0.362. The molecule has 0 aliphatic carbocycles. The summed E-state index contributed by atoms with van der Waals surface area (Å²) in [7, 11) is 4.19. The molecule has 1 aromatic rings. The van der Waals surface area contributed by atoms with Crippen molar-refractivity contribution < 1.29 is 9.50 Å². The van der Waals surface area contributed by atoms with Gasteiger partial charge in [-0.2, -0.15) is 0 Å². The summed E-state index contributed by atoms with van der Waals surface area (Å²) in [4.78, 5) is 2.24. The number of rotatable bonds is 8. The summed E-state index contributed by atoms with van der Waals surface area (Å²) in [5.41, 5.74) is 0.592. The lowest BCUT2D eigenvalue weighted by Gasteiger charge is -2.32. The molecule has 0 aliphatic rings. The summed E-state index contributed by atoms with van der Waals surface area (Å²) in [5.74, 6) is 0.231. The van der Waals surface area contributed by atoms with Crippen LogP contribution in [0.1, 0.15) is 45.2 Å². The molecule has 0 fully saturated rings. The van der Waals surface area contributed by atoms with E-state index in [4.69, 9.17) is 0 Å². The Morgan fingerprint density at radius 2 is 1.86 bits per heavy atom. The van der Waals surface area contributed by atoms with Gasteiger partial charge in [0.2, 0.25) is 0 Å². The predicted molar refractivity (Wildman–Crippen MR) is 86.0 cm³/mol. The smallest absolute Gasteiger partial charge is 0.131 e. The molecule has 0 heterocycles. The molecule has 0 spiro atoms. The van der Waals surface area contributed by atoms with Gasteiger partial charge in [0, 0.05) is 30.3 Å². The van der Waals surface area contributed by atoms with Crippen molar-refractivity contribution in [2.45, 2.75) is 45.7 Å². The molecular formula is C17H29FN2O. The Hall–Kier alpha value is -1.13. The Bertz CT molecular complexity index is 433. The van der Waals surface area contributed by atoms with Gasteiger partial charge >= 0.3 is 0 Å². The Labute approximate surface area is 128 Å². The maximum atomic E-state index is 13.9. The van der Waals surface area contributed by atoms with Crippen LogP contribution in [0.5, 0.6) is 5.75 Å². The number of aromatic hydroxyl groups is 1. The highest BCUT2D eigenvalue weighted by atomic mass is 19.1. The molecule has 0 aromatic heterocycles. The molecule has 1 rings (SSSR count). The minimum absolute atomic E-state index is 0.0355. The van der Waals surface area contributed by atoms with Crippen molar-refractivity contribution in [1.82, 2.24) is 10.2 Å². The topological polar surface area (TPSA) is 35.5 Å². The number of phenols is 1. The van der Waals surface area contributed by atoms with Crippen LogP contribution in [0.3, 0.4) is 0 Å². The molecule has 2 atom stereocenters. The lowest BCUT2D eigenvalue weighted by molar-refractivity contribution is 0.190. The highest BCUT2D eigenvalue weighted by Crippen LogP contribution is 2.22. The van der Waals surface area contributed by atoms with Crippen molar-refractivity contribution in [2.24, 2.45) is 5.92 Å². The first-order valence-corrected chi connectivity index (χ1v) is 7.78. The molecule has 0 bridgehead atoms. The van der Waals surface area contributed by atoms with E-state index in [0.717, 1.165) is 25.5 Å². The van der Waals surface area contributed by atoms with Crippen molar-refractivity contribution in [2.75, 3.05) is 20.6 Å². The Balaban J connectivity index is 2.71. The fourth-order valence-corrected chi connectivity index (χ4v) is 2.88. The fraction of sp³-hybridized carbons (Fsp3) is 0.647. The number of hydrogen-bond acceptors (Lipinski definition) is 3. The quantitative estimate of drug-likeness (QED) is 0.770. The third kappa shape index (κ3) is 4.97. The normalized spacial score (nSPS) is 14.7. The second kappa shape index (κ2) is 8.35. The number of nitrogens with zero attached hydrogens (tertiary/aromatic N) is 1.